The van der Waals surface area contributed by atoms with Gasteiger partial charge in [0.15, 0.2) is 0 Å². The first-order chi connectivity index (χ1) is 5.41. The van der Waals surface area contributed by atoms with E-state index in [4.69, 9.17) is 12.8 Å². The van der Waals surface area contributed by atoms with Crippen LogP contribution in [0.15, 0.2) is 0 Å². The molecule has 0 rings (SSSR count). The first-order valence-corrected chi connectivity index (χ1v) is 3.26. The summed E-state index contributed by atoms with van der Waals surface area (Å²) in [6, 6.07) is 0. The van der Waals surface area contributed by atoms with Crippen LogP contribution < -0.4 is 0 Å². The molecule has 37 valence electrons. The van der Waals surface area contributed by atoms with Gasteiger partial charge in [0.2, 0.25) is 7.37 Å². The summed E-state index contributed by atoms with van der Waals surface area (Å²) in [6.07, 6.45) is 0. The summed E-state index contributed by atoms with van der Waals surface area (Å²) in [5.41, 5.74) is 0. The Morgan fingerprint density at radius 2 is 1.18 bits per heavy atom. The minimum atomic E-state index is 0.980. The SMILES string of the molecule is [B][B][B][B][B][B][B][B][B][B]O. The van der Waals surface area contributed by atoms with E-state index in [1.165, 1.54) is 14.1 Å². The second-order valence-corrected chi connectivity index (χ2v) is 1.69. The summed E-state index contributed by atoms with van der Waals surface area (Å²) in [5, 5.41) is 8.22. The molecule has 0 heterocycles. The van der Waals surface area contributed by atoms with Gasteiger partial charge in [-0.15, -0.1) is 0 Å². The highest BCUT2D eigenvalue weighted by Crippen LogP contribution is 1.56. The third-order valence-corrected chi connectivity index (χ3v) is 0.864. The molecule has 0 bridgehead atoms. The maximum atomic E-state index is 8.22. The normalized spacial score (nSPS) is 7.00. The largest absolute Gasteiger partial charge is 0.466 e. The van der Waals surface area contributed by atoms with Gasteiger partial charge in [0.25, 0.3) is 0 Å². The van der Waals surface area contributed by atoms with Crippen molar-refractivity contribution in [3.05, 3.63) is 0 Å². The number of hydrogen-bond donors (Lipinski definition) is 1. The molecule has 0 aliphatic carbocycles. The molecule has 0 spiro atoms. The molecule has 0 fully saturated rings. The quantitative estimate of drug-likeness (QED) is 0.257. The zero-order valence-corrected chi connectivity index (χ0v) is 6.22. The number of rotatable bonds is 8. The van der Waals surface area contributed by atoms with Crippen LogP contribution in [0.3, 0.4) is 0 Å². The van der Waals surface area contributed by atoms with Crippen molar-refractivity contribution in [3.8, 4) is 0 Å². The lowest BCUT2D eigenvalue weighted by atomic mass is 8.89. The van der Waals surface area contributed by atoms with E-state index in [1.54, 1.807) is 21.2 Å². The van der Waals surface area contributed by atoms with E-state index < -0.39 is 0 Å². The van der Waals surface area contributed by atoms with Crippen LogP contribution >= 0.6 is 0 Å². The van der Waals surface area contributed by atoms with Gasteiger partial charge in [-0.2, -0.15) is 0 Å². The summed E-state index contributed by atoms with van der Waals surface area (Å²) in [6.45, 7) is 0. The maximum absolute atomic E-state index is 8.22. The van der Waals surface area contributed by atoms with Crippen molar-refractivity contribution in [2.24, 2.45) is 0 Å². The molecule has 0 aliphatic heterocycles. The van der Waals surface area contributed by atoms with Crippen LogP contribution in [0.5, 0.6) is 0 Å². The first kappa shape index (κ1) is 11.6. The molecular weight excluding hydrogens is 124 g/mol. The van der Waals surface area contributed by atoms with E-state index in [0.717, 1.165) is 7.37 Å². The molecular formula is HB10O. The average molecular weight is 125 g/mol. The van der Waals surface area contributed by atoms with Crippen molar-refractivity contribution in [1.82, 2.24) is 0 Å². The van der Waals surface area contributed by atoms with E-state index in [0.29, 0.717) is 0 Å². The van der Waals surface area contributed by atoms with Crippen LogP contribution in [0.25, 0.3) is 0 Å². The summed E-state index contributed by atoms with van der Waals surface area (Å²) >= 11 is 0. The van der Waals surface area contributed by atoms with E-state index in [9.17, 15) is 0 Å². The highest BCUT2D eigenvalue weighted by molar-refractivity contribution is 7.68. The molecule has 1 N–H and O–H groups in total. The second kappa shape index (κ2) is 10.6. The first-order valence-electron chi connectivity index (χ1n) is 3.26. The molecule has 0 amide bonds. The average Bonchev–Trinajstić information content (AvgIpc) is 2.03. The molecule has 0 aromatic heterocycles. The van der Waals surface area contributed by atoms with Crippen LogP contribution in [-0.4, -0.2) is 76.6 Å². The molecule has 11 radical (unpaired) electrons. The van der Waals surface area contributed by atoms with E-state index in [2.05, 4.69) is 0 Å². The highest BCUT2D eigenvalue weighted by atomic mass is 16.2. The van der Waals surface area contributed by atoms with Gasteiger partial charge in [0, 0.05) is 57.2 Å². The van der Waals surface area contributed by atoms with Crippen molar-refractivity contribution in [2.75, 3.05) is 0 Å². The second-order valence-electron chi connectivity index (χ2n) is 1.69. The third-order valence-electron chi connectivity index (χ3n) is 0.864. The van der Waals surface area contributed by atoms with Crippen molar-refractivity contribution in [3.63, 3.8) is 0 Å². The molecule has 11 heavy (non-hydrogen) atoms. The Hall–Kier alpha value is 0.609. The molecule has 0 aliphatic rings. The van der Waals surface area contributed by atoms with Crippen LogP contribution in [-0.2, 0) is 0 Å². The standard InChI is InChI=1S/B10HO/c1-2-3-4-5-6-7-8-9-10-11/h11H. The van der Waals surface area contributed by atoms with Crippen LogP contribution in [0, 0.1) is 0 Å². The Morgan fingerprint density at radius 3 is 1.64 bits per heavy atom. The smallest absolute Gasteiger partial charge is 0.225 e. The van der Waals surface area contributed by atoms with Gasteiger partial charge in [0.05, 0.1) is 7.06 Å². The molecule has 1 nitrogen and oxygen atoms in total. The molecule has 0 unspecified atom stereocenters. The van der Waals surface area contributed by atoms with Gasteiger partial charge in [-0.3, -0.25) is 0 Å². The molecule has 0 atom stereocenters. The van der Waals surface area contributed by atoms with Gasteiger partial charge in [-0.25, -0.2) is 0 Å². The van der Waals surface area contributed by atoms with Gasteiger partial charge >= 0.3 is 0 Å². The Labute approximate surface area is 77.1 Å². The Balaban J connectivity index is 2.69. The van der Waals surface area contributed by atoms with Crippen LogP contribution in [0.2, 0.25) is 0 Å². The lowest BCUT2D eigenvalue weighted by Crippen LogP contribution is -2.31. The van der Waals surface area contributed by atoms with Gasteiger partial charge in [0.1, 0.15) is 0 Å². The van der Waals surface area contributed by atoms with Gasteiger partial charge < -0.3 is 5.02 Å². The van der Waals surface area contributed by atoms with Crippen molar-refractivity contribution >= 4 is 71.6 Å². The molecule has 0 aromatic carbocycles. The monoisotopic (exact) mass is 127 g/mol. The summed E-state index contributed by atoms with van der Waals surface area (Å²) in [4.78, 5) is 0. The fourth-order valence-electron chi connectivity index (χ4n) is 0.435. The lowest BCUT2D eigenvalue weighted by molar-refractivity contribution is 0.621. The van der Waals surface area contributed by atoms with E-state index in [1.807, 2.05) is 21.2 Å². The van der Waals surface area contributed by atoms with Crippen LogP contribution in [0.4, 0.5) is 0 Å². The van der Waals surface area contributed by atoms with Crippen molar-refractivity contribution in [1.29, 1.82) is 0 Å². The van der Waals surface area contributed by atoms with Gasteiger partial charge in [-0.1, -0.05) is 0 Å². The Bertz CT molecular complexity index is 53.9. The molecule has 0 aromatic rings. The van der Waals surface area contributed by atoms with E-state index in [-0.39, 0.29) is 0 Å². The zero-order valence-electron chi connectivity index (χ0n) is 6.22. The molecule has 0 saturated carbocycles. The minimum absolute atomic E-state index is 0.980. The fourth-order valence-corrected chi connectivity index (χ4v) is 0.435. The predicted octanol–water partition coefficient (Wildman–Crippen LogP) is -4.36. The highest BCUT2D eigenvalue weighted by Gasteiger charge is 1.95. The predicted molar refractivity (Wildman–Crippen MR) is 59.8 cm³/mol. The van der Waals surface area contributed by atoms with Gasteiger partial charge in [-0.05, 0) is 0 Å². The third kappa shape index (κ3) is 10.6. The molecule has 0 saturated heterocycles. The van der Waals surface area contributed by atoms with Crippen LogP contribution in [0.1, 0.15) is 0 Å². The van der Waals surface area contributed by atoms with Crippen molar-refractivity contribution in [2.45, 2.75) is 0 Å². The molecule has 11 heteroatoms. The fraction of sp³-hybridized carbons (Fsp3) is 0. The Kier molecular flexibility index (Phi) is 11.2. The zero-order chi connectivity index (χ0) is 8.36. The Morgan fingerprint density at radius 1 is 0.727 bits per heavy atom. The summed E-state index contributed by atoms with van der Waals surface area (Å²) in [7, 11) is 19.8. The lowest BCUT2D eigenvalue weighted by Gasteiger charge is -1.92. The summed E-state index contributed by atoms with van der Waals surface area (Å²) in [5.74, 6) is 0. The van der Waals surface area contributed by atoms with Crippen molar-refractivity contribution < 1.29 is 5.02 Å². The minimum Gasteiger partial charge on any atom is -0.466 e. The van der Waals surface area contributed by atoms with E-state index >= 15 is 0 Å². The summed E-state index contributed by atoms with van der Waals surface area (Å²) < 4.78 is 0. The topological polar surface area (TPSA) is 20.2 Å². The number of hydrogen-bond acceptors (Lipinski definition) is 1. The maximum Gasteiger partial charge on any atom is 0.225 e.